The minimum Gasteiger partial charge on any atom is -0.340 e. The number of halogens is 1. The number of benzene rings is 2. The largest absolute Gasteiger partial charge is 0.340 e. The molecule has 0 amide bonds. The summed E-state index contributed by atoms with van der Waals surface area (Å²) >= 11 is 0. The standard InChI is InChI=1S/C22H20FN5/c1-26-9-10-27(20-4-2-3-19(23)12-20)21-7-5-16(11-18(21)13-26)17-6-8-22-24-15-25-28(22)14-17/h2-8,11-12,14-15H,9-10,13H2,1H3. The van der Waals surface area contributed by atoms with Crippen LogP contribution < -0.4 is 4.90 Å². The maximum absolute atomic E-state index is 13.8. The Kier molecular flexibility index (Phi) is 4.06. The highest BCUT2D eigenvalue weighted by Gasteiger charge is 2.20. The van der Waals surface area contributed by atoms with Crippen molar-refractivity contribution in [2.75, 3.05) is 25.0 Å². The summed E-state index contributed by atoms with van der Waals surface area (Å²) in [6.07, 6.45) is 3.55. The molecule has 5 rings (SSSR count). The van der Waals surface area contributed by atoms with Crippen molar-refractivity contribution < 1.29 is 4.39 Å². The van der Waals surface area contributed by atoms with E-state index in [0.29, 0.717) is 0 Å². The number of fused-ring (bicyclic) bond motifs is 2. The lowest BCUT2D eigenvalue weighted by Gasteiger charge is -2.25. The molecule has 1 aliphatic rings. The van der Waals surface area contributed by atoms with Gasteiger partial charge in [-0.25, -0.2) is 13.9 Å². The minimum absolute atomic E-state index is 0.214. The van der Waals surface area contributed by atoms with Gasteiger partial charge in [-0.3, -0.25) is 0 Å². The molecule has 1 aliphatic heterocycles. The highest BCUT2D eigenvalue weighted by Crippen LogP contribution is 2.34. The predicted octanol–water partition coefficient (Wildman–Crippen LogP) is 4.12. The molecule has 6 heteroatoms. The molecular weight excluding hydrogens is 353 g/mol. The normalized spacial score (nSPS) is 14.9. The van der Waals surface area contributed by atoms with E-state index in [0.717, 1.165) is 47.8 Å². The topological polar surface area (TPSA) is 36.7 Å². The van der Waals surface area contributed by atoms with Crippen LogP contribution in [0.15, 0.2) is 67.1 Å². The maximum Gasteiger partial charge on any atom is 0.155 e. The van der Waals surface area contributed by atoms with E-state index in [1.54, 1.807) is 23.0 Å². The minimum atomic E-state index is -0.214. The number of nitrogens with zero attached hydrogens (tertiary/aromatic N) is 5. The van der Waals surface area contributed by atoms with Gasteiger partial charge in [0.05, 0.1) is 0 Å². The van der Waals surface area contributed by atoms with E-state index < -0.39 is 0 Å². The lowest BCUT2D eigenvalue weighted by Crippen LogP contribution is -2.26. The van der Waals surface area contributed by atoms with E-state index in [4.69, 9.17) is 0 Å². The van der Waals surface area contributed by atoms with Crippen molar-refractivity contribution in [2.24, 2.45) is 0 Å². The van der Waals surface area contributed by atoms with Crippen LogP contribution in [0.2, 0.25) is 0 Å². The Hall–Kier alpha value is -3.25. The Labute approximate surface area is 162 Å². The van der Waals surface area contributed by atoms with Gasteiger partial charge in [0.25, 0.3) is 0 Å². The first kappa shape index (κ1) is 16.9. The zero-order valence-electron chi connectivity index (χ0n) is 15.6. The van der Waals surface area contributed by atoms with Crippen LogP contribution in [0.5, 0.6) is 0 Å². The molecule has 0 fully saturated rings. The molecule has 28 heavy (non-hydrogen) atoms. The lowest BCUT2D eigenvalue weighted by atomic mass is 10.0. The van der Waals surface area contributed by atoms with Crippen molar-refractivity contribution in [3.05, 3.63) is 78.5 Å². The first-order valence-electron chi connectivity index (χ1n) is 9.32. The van der Waals surface area contributed by atoms with Crippen LogP contribution in [0.1, 0.15) is 5.56 Å². The zero-order chi connectivity index (χ0) is 19.1. The van der Waals surface area contributed by atoms with Crippen molar-refractivity contribution in [2.45, 2.75) is 6.54 Å². The van der Waals surface area contributed by atoms with Crippen molar-refractivity contribution in [3.63, 3.8) is 0 Å². The van der Waals surface area contributed by atoms with Gasteiger partial charge in [0.15, 0.2) is 5.65 Å². The van der Waals surface area contributed by atoms with Gasteiger partial charge in [0, 0.05) is 42.8 Å². The number of hydrogen-bond acceptors (Lipinski definition) is 4. The number of aromatic nitrogens is 3. The number of anilines is 2. The van der Waals surface area contributed by atoms with E-state index in [-0.39, 0.29) is 5.82 Å². The molecule has 0 unspecified atom stereocenters. The Morgan fingerprint density at radius 1 is 0.964 bits per heavy atom. The first-order chi connectivity index (χ1) is 13.7. The third-order valence-electron chi connectivity index (χ3n) is 5.24. The van der Waals surface area contributed by atoms with Crippen LogP contribution in [0.4, 0.5) is 15.8 Å². The lowest BCUT2D eigenvalue weighted by molar-refractivity contribution is 0.343. The summed E-state index contributed by atoms with van der Waals surface area (Å²) in [5.41, 5.74) is 6.28. The molecule has 0 aliphatic carbocycles. The molecule has 0 atom stereocenters. The Morgan fingerprint density at radius 2 is 1.86 bits per heavy atom. The summed E-state index contributed by atoms with van der Waals surface area (Å²) in [7, 11) is 2.12. The smallest absolute Gasteiger partial charge is 0.155 e. The highest BCUT2D eigenvalue weighted by atomic mass is 19.1. The first-order valence-corrected chi connectivity index (χ1v) is 9.32. The molecule has 2 aromatic heterocycles. The van der Waals surface area contributed by atoms with Crippen molar-refractivity contribution >= 4 is 17.0 Å². The third kappa shape index (κ3) is 3.01. The number of rotatable bonds is 2. The van der Waals surface area contributed by atoms with Crippen molar-refractivity contribution in [1.29, 1.82) is 0 Å². The van der Waals surface area contributed by atoms with Crippen LogP contribution in [-0.4, -0.2) is 39.6 Å². The fourth-order valence-electron chi connectivity index (χ4n) is 3.82. The Balaban J connectivity index is 1.59. The molecule has 140 valence electrons. The average Bonchev–Trinajstić information content (AvgIpc) is 3.10. The second-order valence-corrected chi connectivity index (χ2v) is 7.19. The second-order valence-electron chi connectivity index (χ2n) is 7.19. The van der Waals surface area contributed by atoms with Crippen molar-refractivity contribution in [1.82, 2.24) is 19.5 Å². The summed E-state index contributed by atoms with van der Waals surface area (Å²) < 4.78 is 15.6. The van der Waals surface area contributed by atoms with Gasteiger partial charge in [0.2, 0.25) is 0 Å². The number of likely N-dealkylation sites (N-methyl/N-ethyl adjacent to an activating group) is 1. The molecule has 0 saturated heterocycles. The second kappa shape index (κ2) is 6.73. The summed E-state index contributed by atoms with van der Waals surface area (Å²) in [5, 5.41) is 4.23. The van der Waals surface area contributed by atoms with Gasteiger partial charge in [0.1, 0.15) is 12.1 Å². The molecule has 0 saturated carbocycles. The molecule has 5 nitrogen and oxygen atoms in total. The van der Waals surface area contributed by atoms with Crippen molar-refractivity contribution in [3.8, 4) is 11.1 Å². The fourth-order valence-corrected chi connectivity index (χ4v) is 3.82. The molecule has 4 aromatic rings. The number of hydrogen-bond donors (Lipinski definition) is 0. The van der Waals surface area contributed by atoms with Gasteiger partial charge in [-0.1, -0.05) is 12.1 Å². The summed E-state index contributed by atoms with van der Waals surface area (Å²) in [6.45, 7) is 2.57. The molecule has 2 aromatic carbocycles. The third-order valence-corrected chi connectivity index (χ3v) is 5.24. The van der Waals surface area contributed by atoms with E-state index >= 15 is 0 Å². The Bertz CT molecular complexity index is 1150. The van der Waals surface area contributed by atoms with Gasteiger partial charge < -0.3 is 9.80 Å². The van der Waals surface area contributed by atoms with Crippen LogP contribution in [0, 0.1) is 5.82 Å². The van der Waals surface area contributed by atoms with E-state index in [2.05, 4.69) is 51.2 Å². The summed E-state index contributed by atoms with van der Waals surface area (Å²) in [6, 6.07) is 17.3. The zero-order valence-corrected chi connectivity index (χ0v) is 15.6. The average molecular weight is 373 g/mol. The molecule has 0 bridgehead atoms. The van der Waals surface area contributed by atoms with Crippen LogP contribution in [0.3, 0.4) is 0 Å². The fraction of sp³-hybridized carbons (Fsp3) is 0.182. The van der Waals surface area contributed by atoms with E-state index in [1.807, 2.05) is 18.3 Å². The molecule has 0 spiro atoms. The Morgan fingerprint density at radius 3 is 2.75 bits per heavy atom. The van der Waals surface area contributed by atoms with Crippen LogP contribution >= 0.6 is 0 Å². The quantitative estimate of drug-likeness (QED) is 0.530. The molecule has 3 heterocycles. The molecule has 0 N–H and O–H groups in total. The van der Waals surface area contributed by atoms with Gasteiger partial charge >= 0.3 is 0 Å². The number of pyridine rings is 1. The van der Waals surface area contributed by atoms with Gasteiger partial charge in [-0.15, -0.1) is 0 Å². The van der Waals surface area contributed by atoms with Gasteiger partial charge in [-0.2, -0.15) is 5.10 Å². The SMILES string of the molecule is CN1CCN(c2cccc(F)c2)c2ccc(-c3ccc4ncnn4c3)cc2C1. The van der Waals surface area contributed by atoms with Crippen LogP contribution in [-0.2, 0) is 6.54 Å². The van der Waals surface area contributed by atoms with Crippen LogP contribution in [0.25, 0.3) is 16.8 Å². The van der Waals surface area contributed by atoms with E-state index in [9.17, 15) is 4.39 Å². The molecule has 0 radical (unpaired) electrons. The predicted molar refractivity (Wildman–Crippen MR) is 108 cm³/mol. The monoisotopic (exact) mass is 373 g/mol. The summed E-state index contributed by atoms with van der Waals surface area (Å²) in [4.78, 5) is 8.70. The molecular formula is C22H20FN5. The highest BCUT2D eigenvalue weighted by molar-refractivity contribution is 5.73. The van der Waals surface area contributed by atoms with Gasteiger partial charge in [-0.05, 0) is 60.6 Å². The van der Waals surface area contributed by atoms with E-state index in [1.165, 1.54) is 11.6 Å². The maximum atomic E-state index is 13.8. The summed E-state index contributed by atoms with van der Waals surface area (Å²) in [5.74, 6) is -0.214.